The van der Waals surface area contributed by atoms with Crippen molar-refractivity contribution < 1.29 is 16.8 Å². The molecule has 0 saturated carbocycles. The summed E-state index contributed by atoms with van der Waals surface area (Å²) in [6, 6.07) is 19.7. The molecule has 3 aromatic carbocycles. The molecule has 0 bridgehead atoms. The smallest absolute Gasteiger partial charge is 0.262 e. The summed E-state index contributed by atoms with van der Waals surface area (Å²) in [4.78, 5) is -0.0249. The molecule has 0 saturated heterocycles. The van der Waals surface area contributed by atoms with Gasteiger partial charge in [-0.25, -0.2) is 16.8 Å². The Morgan fingerprint density at radius 1 is 0.630 bits per heavy atom. The third-order valence-electron chi connectivity index (χ3n) is 3.57. The molecule has 27 heavy (non-hydrogen) atoms. The number of nitrogens with one attached hydrogen (secondary N) is 2. The molecule has 0 unspecified atom stereocenters. The van der Waals surface area contributed by atoms with Gasteiger partial charge in [0.2, 0.25) is 0 Å². The third-order valence-corrected chi connectivity index (χ3v) is 6.66. The van der Waals surface area contributed by atoms with Crippen LogP contribution in [0.1, 0.15) is 0 Å². The van der Waals surface area contributed by atoms with E-state index in [0.29, 0.717) is 0 Å². The van der Waals surface area contributed by atoms with Crippen molar-refractivity contribution in [2.24, 2.45) is 0 Å². The van der Waals surface area contributed by atoms with Crippen molar-refractivity contribution >= 4 is 43.0 Å². The van der Waals surface area contributed by atoms with E-state index < -0.39 is 20.0 Å². The SMILES string of the molecule is O=S(=O)(Nc1cccc(S(=O)(=O)Nc2ccccc2Cl)c1)c1ccccc1. The maximum atomic E-state index is 12.6. The minimum atomic E-state index is -3.95. The first-order valence-electron chi connectivity index (χ1n) is 7.73. The van der Waals surface area contributed by atoms with Crippen molar-refractivity contribution in [3.05, 3.63) is 83.9 Å². The number of hydrogen-bond acceptors (Lipinski definition) is 4. The quantitative estimate of drug-likeness (QED) is 0.629. The highest BCUT2D eigenvalue weighted by Crippen LogP contribution is 2.25. The third kappa shape index (κ3) is 4.60. The van der Waals surface area contributed by atoms with Crippen LogP contribution in [-0.4, -0.2) is 16.8 Å². The van der Waals surface area contributed by atoms with Gasteiger partial charge in [-0.2, -0.15) is 0 Å². The van der Waals surface area contributed by atoms with Crippen molar-refractivity contribution in [1.82, 2.24) is 0 Å². The maximum absolute atomic E-state index is 12.6. The zero-order valence-electron chi connectivity index (χ0n) is 13.8. The van der Waals surface area contributed by atoms with Gasteiger partial charge in [0.15, 0.2) is 0 Å². The number of para-hydroxylation sites is 1. The first-order chi connectivity index (χ1) is 12.8. The molecule has 0 radical (unpaired) electrons. The Bertz CT molecular complexity index is 1160. The Morgan fingerprint density at radius 3 is 1.93 bits per heavy atom. The van der Waals surface area contributed by atoms with Crippen molar-refractivity contribution in [2.75, 3.05) is 9.44 Å². The number of anilines is 2. The number of hydrogen-bond donors (Lipinski definition) is 2. The molecule has 3 aromatic rings. The topological polar surface area (TPSA) is 92.3 Å². The summed E-state index contributed by atoms with van der Waals surface area (Å²) >= 11 is 5.99. The Labute approximate surface area is 162 Å². The zero-order valence-corrected chi connectivity index (χ0v) is 16.2. The molecule has 9 heteroatoms. The Balaban J connectivity index is 1.88. The summed E-state index contributed by atoms with van der Waals surface area (Å²) in [5.74, 6) is 0. The lowest BCUT2D eigenvalue weighted by Crippen LogP contribution is -2.15. The lowest BCUT2D eigenvalue weighted by atomic mass is 10.3. The van der Waals surface area contributed by atoms with Crippen LogP contribution in [0.25, 0.3) is 0 Å². The number of benzene rings is 3. The summed E-state index contributed by atoms with van der Waals surface area (Å²) in [7, 11) is -7.78. The van der Waals surface area contributed by atoms with E-state index in [1.54, 1.807) is 36.4 Å². The van der Waals surface area contributed by atoms with Gasteiger partial charge in [0, 0.05) is 0 Å². The van der Waals surface area contributed by atoms with Gasteiger partial charge in [-0.3, -0.25) is 9.44 Å². The average Bonchev–Trinajstić information content (AvgIpc) is 2.64. The molecular weight excluding hydrogens is 408 g/mol. The van der Waals surface area contributed by atoms with Gasteiger partial charge in [0.1, 0.15) is 0 Å². The Hall–Kier alpha value is -2.55. The molecule has 0 atom stereocenters. The van der Waals surface area contributed by atoms with E-state index in [1.165, 1.54) is 42.5 Å². The van der Waals surface area contributed by atoms with E-state index in [4.69, 9.17) is 11.6 Å². The van der Waals surface area contributed by atoms with Crippen molar-refractivity contribution in [2.45, 2.75) is 9.79 Å². The van der Waals surface area contributed by atoms with Crippen LogP contribution in [0.15, 0.2) is 88.7 Å². The Kier molecular flexibility index (Phi) is 5.41. The Morgan fingerprint density at radius 2 is 1.22 bits per heavy atom. The van der Waals surface area contributed by atoms with Crippen LogP contribution in [0.2, 0.25) is 5.02 Å². The molecule has 0 aliphatic carbocycles. The molecule has 0 aliphatic heterocycles. The molecule has 0 aromatic heterocycles. The van der Waals surface area contributed by atoms with Gasteiger partial charge in [-0.05, 0) is 42.5 Å². The molecule has 2 N–H and O–H groups in total. The second kappa shape index (κ2) is 7.59. The van der Waals surface area contributed by atoms with Crippen LogP contribution in [0, 0.1) is 0 Å². The highest BCUT2D eigenvalue weighted by molar-refractivity contribution is 7.93. The zero-order chi connectivity index (χ0) is 19.5. The first kappa shape index (κ1) is 19.2. The van der Waals surface area contributed by atoms with Gasteiger partial charge >= 0.3 is 0 Å². The van der Waals surface area contributed by atoms with Crippen LogP contribution in [0.4, 0.5) is 11.4 Å². The maximum Gasteiger partial charge on any atom is 0.262 e. The molecule has 0 heterocycles. The molecule has 140 valence electrons. The minimum absolute atomic E-state index is 0.0763. The predicted octanol–water partition coefficient (Wildman–Crippen LogP) is 3.94. The molecule has 0 aliphatic rings. The summed E-state index contributed by atoms with van der Waals surface area (Å²) in [6.45, 7) is 0. The average molecular weight is 423 g/mol. The highest BCUT2D eigenvalue weighted by atomic mass is 35.5. The largest absolute Gasteiger partial charge is 0.280 e. The van der Waals surface area contributed by atoms with Crippen LogP contribution < -0.4 is 9.44 Å². The van der Waals surface area contributed by atoms with Gasteiger partial charge in [0.05, 0.1) is 26.2 Å². The number of halogens is 1. The van der Waals surface area contributed by atoms with Crippen LogP contribution in [-0.2, 0) is 20.0 Å². The van der Waals surface area contributed by atoms with Crippen LogP contribution in [0.3, 0.4) is 0 Å². The van der Waals surface area contributed by atoms with Crippen molar-refractivity contribution in [1.29, 1.82) is 0 Å². The van der Waals surface area contributed by atoms with Gasteiger partial charge < -0.3 is 0 Å². The van der Waals surface area contributed by atoms with Gasteiger partial charge in [-0.15, -0.1) is 0 Å². The van der Waals surface area contributed by atoms with Gasteiger partial charge in [0.25, 0.3) is 20.0 Å². The second-order valence-electron chi connectivity index (χ2n) is 5.53. The highest BCUT2D eigenvalue weighted by Gasteiger charge is 2.18. The normalized spacial score (nSPS) is 11.7. The van der Waals surface area contributed by atoms with E-state index in [-0.39, 0.29) is 26.2 Å². The van der Waals surface area contributed by atoms with E-state index >= 15 is 0 Å². The molecule has 0 fully saturated rings. The molecule has 0 spiro atoms. The fourth-order valence-electron chi connectivity index (χ4n) is 2.29. The van der Waals surface area contributed by atoms with E-state index in [0.717, 1.165) is 0 Å². The molecule has 3 rings (SSSR count). The summed E-state index contributed by atoms with van der Waals surface area (Å²) in [5, 5.41) is 0.252. The lowest BCUT2D eigenvalue weighted by Gasteiger charge is -2.12. The summed E-state index contributed by atoms with van der Waals surface area (Å²) < 4.78 is 54.8. The number of sulfonamides is 2. The van der Waals surface area contributed by atoms with E-state index in [9.17, 15) is 16.8 Å². The van der Waals surface area contributed by atoms with Crippen molar-refractivity contribution in [3.8, 4) is 0 Å². The summed E-state index contributed by atoms with van der Waals surface area (Å²) in [6.07, 6.45) is 0. The lowest BCUT2D eigenvalue weighted by molar-refractivity contribution is 0.598. The molecule has 6 nitrogen and oxygen atoms in total. The minimum Gasteiger partial charge on any atom is -0.280 e. The second-order valence-corrected chi connectivity index (χ2v) is 9.30. The standard InChI is InChI=1S/C18H15ClN2O4S2/c19-17-11-4-5-12-18(17)21-27(24,25)16-10-6-7-14(13-16)20-26(22,23)15-8-2-1-3-9-15/h1-13,20-21H. The fourth-order valence-corrected chi connectivity index (χ4v) is 4.72. The predicted molar refractivity (Wildman–Crippen MR) is 106 cm³/mol. The van der Waals surface area contributed by atoms with Crippen LogP contribution in [0.5, 0.6) is 0 Å². The van der Waals surface area contributed by atoms with Gasteiger partial charge in [-0.1, -0.05) is 48.0 Å². The molecular formula is C18H15ClN2O4S2. The fraction of sp³-hybridized carbons (Fsp3) is 0. The number of rotatable bonds is 6. The van der Waals surface area contributed by atoms with Crippen LogP contribution >= 0.6 is 11.6 Å². The summed E-state index contributed by atoms with van der Waals surface area (Å²) in [5.41, 5.74) is 0.357. The van der Waals surface area contributed by atoms with E-state index in [2.05, 4.69) is 9.44 Å². The monoisotopic (exact) mass is 422 g/mol. The molecule has 0 amide bonds. The van der Waals surface area contributed by atoms with Crippen molar-refractivity contribution in [3.63, 3.8) is 0 Å². The first-order valence-corrected chi connectivity index (χ1v) is 11.1. The van der Waals surface area contributed by atoms with E-state index in [1.807, 2.05) is 0 Å².